The maximum atomic E-state index is 5.33. The van der Waals surface area contributed by atoms with Gasteiger partial charge in [0.1, 0.15) is 0 Å². The second kappa shape index (κ2) is 2.84. The molecule has 0 spiro atoms. The fourth-order valence-corrected chi connectivity index (χ4v) is 1.71. The van der Waals surface area contributed by atoms with Crippen LogP contribution in [0.15, 0.2) is 0 Å². The normalized spacial score (nSPS) is 40.0. The van der Waals surface area contributed by atoms with Gasteiger partial charge in [-0.05, 0) is 23.8 Å². The van der Waals surface area contributed by atoms with E-state index >= 15 is 0 Å². The predicted molar refractivity (Wildman–Crippen MR) is 43.0 cm³/mol. The van der Waals surface area contributed by atoms with Crippen LogP contribution in [0.25, 0.3) is 0 Å². The Balaban J connectivity index is 0.000000405. The van der Waals surface area contributed by atoms with Crippen molar-refractivity contribution in [3.63, 3.8) is 0 Å². The molecule has 0 radical (unpaired) electrons. The molecule has 2 unspecified atom stereocenters. The molecule has 1 saturated heterocycles. The molecule has 1 nitrogen and oxygen atoms in total. The Labute approximate surface area is 60.8 Å². The third-order valence-corrected chi connectivity index (χ3v) is 2.36. The summed E-state index contributed by atoms with van der Waals surface area (Å²) in [7, 11) is 0. The lowest BCUT2D eigenvalue weighted by atomic mass is 9.83. The lowest BCUT2D eigenvalue weighted by molar-refractivity contribution is -0.133. The Hall–Kier alpha value is 0.177. The van der Waals surface area contributed by atoms with Gasteiger partial charge in [0.15, 0.2) is 0 Å². The fraction of sp³-hybridized carbons (Fsp3) is 1.00. The van der Waals surface area contributed by atoms with E-state index < -0.39 is 0 Å². The Bertz CT molecular complexity index is 82.9. The molecule has 9 heavy (non-hydrogen) atoms. The summed E-state index contributed by atoms with van der Waals surface area (Å²) in [6.45, 7) is 1.06. The molecule has 2 fully saturated rings. The molecule has 0 aromatic heterocycles. The van der Waals surface area contributed by atoms with E-state index in [9.17, 15) is 0 Å². The highest BCUT2D eigenvalue weighted by molar-refractivity contribution is 5.75. The summed E-state index contributed by atoms with van der Waals surface area (Å²) < 4.78 is 5.33. The molecule has 0 amide bonds. The van der Waals surface area contributed by atoms with Gasteiger partial charge in [-0.1, -0.05) is 12.8 Å². The number of hydrogen-bond acceptors (Lipinski definition) is 1. The smallest absolute Gasteiger partial charge is 0.0625 e. The lowest BCUT2D eigenvalue weighted by Gasteiger charge is -2.40. The van der Waals surface area contributed by atoms with Crippen molar-refractivity contribution in [1.82, 2.24) is 0 Å². The Kier molecular flexibility index (Phi) is 2.30. The van der Waals surface area contributed by atoms with Crippen LogP contribution in [0.4, 0.5) is 0 Å². The first kappa shape index (κ1) is 7.29. The van der Waals surface area contributed by atoms with Gasteiger partial charge in [0.2, 0.25) is 0 Å². The van der Waals surface area contributed by atoms with E-state index in [4.69, 9.17) is 4.74 Å². The van der Waals surface area contributed by atoms with E-state index in [1.807, 2.05) is 0 Å². The van der Waals surface area contributed by atoms with E-state index in [1.54, 1.807) is 0 Å². The largest absolute Gasteiger partial charge is 0.377 e. The van der Waals surface area contributed by atoms with Gasteiger partial charge < -0.3 is 4.74 Å². The van der Waals surface area contributed by atoms with Crippen LogP contribution in [0.1, 0.15) is 25.7 Å². The molecule has 0 aromatic rings. The number of hydrogen-bond donors (Lipinski definition) is 0. The molecule has 0 aromatic carbocycles. The first-order valence-electron chi connectivity index (χ1n) is 3.58. The van der Waals surface area contributed by atoms with Crippen LogP contribution in [0, 0.1) is 5.92 Å². The van der Waals surface area contributed by atoms with E-state index in [0.717, 1.165) is 12.5 Å². The van der Waals surface area contributed by atoms with Crippen LogP contribution >= 0.6 is 0 Å². The molecule has 1 heterocycles. The van der Waals surface area contributed by atoms with E-state index in [-0.39, 0.29) is 11.0 Å². The molecule has 1 saturated carbocycles. The molecule has 2 heteroatoms. The fourth-order valence-electron chi connectivity index (χ4n) is 1.71. The maximum absolute atomic E-state index is 5.33. The molecule has 2 rings (SSSR count). The predicted octanol–water partition coefficient (Wildman–Crippen LogP) is 0.124. The zero-order chi connectivity index (χ0) is 5.40. The van der Waals surface area contributed by atoms with Gasteiger partial charge in [-0.15, -0.1) is 0 Å². The highest BCUT2D eigenvalue weighted by Crippen LogP contribution is 2.33. The van der Waals surface area contributed by atoms with Gasteiger partial charge in [-0.2, -0.15) is 0 Å². The summed E-state index contributed by atoms with van der Waals surface area (Å²) in [4.78, 5) is 0. The van der Waals surface area contributed by atoms with Crippen LogP contribution in [-0.4, -0.2) is 23.7 Å². The quantitative estimate of drug-likeness (QED) is 0.439. The average molecular weight is 144 g/mol. The molecule has 0 N–H and O–H groups in total. The highest BCUT2D eigenvalue weighted by atomic mass is 28.1. The van der Waals surface area contributed by atoms with Crippen molar-refractivity contribution in [2.24, 2.45) is 5.92 Å². The van der Waals surface area contributed by atoms with Crippen molar-refractivity contribution in [1.29, 1.82) is 0 Å². The van der Waals surface area contributed by atoms with Crippen molar-refractivity contribution in [3.8, 4) is 0 Å². The van der Waals surface area contributed by atoms with Crippen molar-refractivity contribution < 1.29 is 4.74 Å². The van der Waals surface area contributed by atoms with Gasteiger partial charge in [-0.3, -0.25) is 0 Å². The van der Waals surface area contributed by atoms with Gasteiger partial charge in [0.25, 0.3) is 0 Å². The number of fused-ring (bicyclic) bond motifs is 1. The summed E-state index contributed by atoms with van der Waals surface area (Å²) in [5, 5.41) is 0. The first-order valence-corrected chi connectivity index (χ1v) is 3.58. The molecule has 0 bridgehead atoms. The molecule has 2 aliphatic rings. The standard InChI is InChI=1S/C7H12O.H4Si/c1-2-4-7-6(3-1)5-8-7;/h6-7H,1-5H2;1H4. The summed E-state index contributed by atoms with van der Waals surface area (Å²) in [6, 6.07) is 0. The van der Waals surface area contributed by atoms with Crippen LogP contribution < -0.4 is 0 Å². The van der Waals surface area contributed by atoms with Gasteiger partial charge in [0.05, 0.1) is 12.7 Å². The van der Waals surface area contributed by atoms with E-state index in [2.05, 4.69) is 0 Å². The molecular weight excluding hydrogens is 128 g/mol. The Morgan fingerprint density at radius 1 is 1.11 bits per heavy atom. The van der Waals surface area contributed by atoms with Crippen molar-refractivity contribution in [2.45, 2.75) is 31.8 Å². The summed E-state index contributed by atoms with van der Waals surface area (Å²) >= 11 is 0. The monoisotopic (exact) mass is 144 g/mol. The zero-order valence-electron chi connectivity index (χ0n) is 5.10. The van der Waals surface area contributed by atoms with E-state index in [0.29, 0.717) is 6.10 Å². The van der Waals surface area contributed by atoms with Crippen molar-refractivity contribution >= 4 is 11.0 Å². The minimum Gasteiger partial charge on any atom is -0.377 e. The Morgan fingerprint density at radius 2 is 1.89 bits per heavy atom. The SMILES string of the molecule is C1CCC2OCC2C1.[SiH4]. The van der Waals surface area contributed by atoms with E-state index in [1.165, 1.54) is 25.7 Å². The summed E-state index contributed by atoms with van der Waals surface area (Å²) in [6.07, 6.45) is 6.31. The molecule has 1 aliphatic heterocycles. The van der Waals surface area contributed by atoms with Crippen LogP contribution in [0.3, 0.4) is 0 Å². The first-order chi connectivity index (χ1) is 3.97. The highest BCUT2D eigenvalue weighted by Gasteiger charge is 2.33. The lowest BCUT2D eigenvalue weighted by Crippen LogP contribution is -2.41. The minimum absolute atomic E-state index is 0. The zero-order valence-corrected chi connectivity index (χ0v) is 5.10. The summed E-state index contributed by atoms with van der Waals surface area (Å²) in [5.74, 6) is 0.962. The second-order valence-corrected chi connectivity index (χ2v) is 2.92. The van der Waals surface area contributed by atoms with Crippen molar-refractivity contribution in [3.05, 3.63) is 0 Å². The average Bonchev–Trinajstić information content (AvgIpc) is 1.72. The maximum Gasteiger partial charge on any atom is 0.0625 e. The molecular formula is C7H16OSi. The van der Waals surface area contributed by atoms with Gasteiger partial charge in [0, 0.05) is 5.92 Å². The second-order valence-electron chi connectivity index (χ2n) is 2.92. The minimum atomic E-state index is 0. The van der Waals surface area contributed by atoms with Crippen molar-refractivity contribution in [2.75, 3.05) is 6.61 Å². The van der Waals surface area contributed by atoms with Crippen LogP contribution in [-0.2, 0) is 4.74 Å². The topological polar surface area (TPSA) is 9.23 Å². The number of rotatable bonds is 0. The summed E-state index contributed by atoms with van der Waals surface area (Å²) in [5.41, 5.74) is 0. The third-order valence-electron chi connectivity index (χ3n) is 2.36. The number of ether oxygens (including phenoxy) is 1. The Morgan fingerprint density at radius 3 is 2.22 bits per heavy atom. The van der Waals surface area contributed by atoms with Crippen LogP contribution in [0.5, 0.6) is 0 Å². The third kappa shape index (κ3) is 1.19. The van der Waals surface area contributed by atoms with Gasteiger partial charge in [-0.25, -0.2) is 0 Å². The molecule has 1 aliphatic carbocycles. The molecule has 2 atom stereocenters. The van der Waals surface area contributed by atoms with Crippen LogP contribution in [0.2, 0.25) is 0 Å². The van der Waals surface area contributed by atoms with Gasteiger partial charge >= 0.3 is 0 Å². The molecule has 54 valence electrons.